The van der Waals surface area contributed by atoms with Gasteiger partial charge in [0, 0.05) is 12.5 Å². The maximum Gasteiger partial charge on any atom is 0.291 e. The summed E-state index contributed by atoms with van der Waals surface area (Å²) in [5.41, 5.74) is 0.132. The number of anilines is 1. The van der Waals surface area contributed by atoms with Gasteiger partial charge in [-0.05, 0) is 18.1 Å². The lowest BCUT2D eigenvalue weighted by molar-refractivity contribution is -0.387. The summed E-state index contributed by atoms with van der Waals surface area (Å²) >= 11 is 0. The Kier molecular flexibility index (Phi) is 2.79. The van der Waals surface area contributed by atoms with Crippen molar-refractivity contribution in [3.05, 3.63) is 27.8 Å². The van der Waals surface area contributed by atoms with E-state index in [1.165, 1.54) is 0 Å². The Hall–Kier alpha value is -2.00. The Labute approximate surface area is 102 Å². The SMILES string of the molecule is NS(=O)(=O)c1cc2c(cc1[N+](=O)[O-])NC(=O)CC2. The zero-order valence-electron chi connectivity index (χ0n) is 9.04. The summed E-state index contributed by atoms with van der Waals surface area (Å²) in [4.78, 5) is 20.6. The number of carbonyl (C=O) groups is 1. The van der Waals surface area contributed by atoms with Crippen molar-refractivity contribution in [2.75, 3.05) is 5.32 Å². The molecule has 3 N–H and O–H groups in total. The highest BCUT2D eigenvalue weighted by atomic mass is 32.2. The number of fused-ring (bicyclic) bond motifs is 1. The van der Waals surface area contributed by atoms with Gasteiger partial charge >= 0.3 is 0 Å². The van der Waals surface area contributed by atoms with Gasteiger partial charge in [-0.3, -0.25) is 14.9 Å². The predicted molar refractivity (Wildman–Crippen MR) is 61.4 cm³/mol. The number of benzene rings is 1. The number of rotatable bonds is 2. The molecule has 1 aliphatic rings. The van der Waals surface area contributed by atoms with Crippen LogP contribution in [0.2, 0.25) is 0 Å². The van der Waals surface area contributed by atoms with E-state index >= 15 is 0 Å². The highest BCUT2D eigenvalue weighted by Gasteiger charge is 2.27. The molecule has 0 saturated heterocycles. The third kappa shape index (κ3) is 2.17. The normalized spacial score (nSPS) is 14.8. The molecule has 0 bridgehead atoms. The van der Waals surface area contributed by atoms with E-state index < -0.39 is 25.5 Å². The third-order valence-electron chi connectivity index (χ3n) is 2.58. The number of hydrogen-bond acceptors (Lipinski definition) is 5. The van der Waals surface area contributed by atoms with Gasteiger partial charge in [-0.25, -0.2) is 13.6 Å². The molecule has 96 valence electrons. The molecule has 18 heavy (non-hydrogen) atoms. The number of nitrogens with zero attached hydrogens (tertiary/aromatic N) is 1. The van der Waals surface area contributed by atoms with E-state index in [1.807, 2.05) is 0 Å². The van der Waals surface area contributed by atoms with Crippen LogP contribution < -0.4 is 10.5 Å². The molecular formula is C9H9N3O5S. The zero-order chi connectivity index (χ0) is 13.5. The molecular weight excluding hydrogens is 262 g/mol. The molecule has 1 aliphatic heterocycles. The first-order chi connectivity index (χ1) is 8.29. The minimum Gasteiger partial charge on any atom is -0.326 e. The van der Waals surface area contributed by atoms with Crippen molar-refractivity contribution in [2.45, 2.75) is 17.7 Å². The van der Waals surface area contributed by atoms with Gasteiger partial charge in [-0.15, -0.1) is 0 Å². The van der Waals surface area contributed by atoms with E-state index in [0.29, 0.717) is 12.0 Å². The highest BCUT2D eigenvalue weighted by molar-refractivity contribution is 7.89. The van der Waals surface area contributed by atoms with Gasteiger partial charge < -0.3 is 5.32 Å². The summed E-state index contributed by atoms with van der Waals surface area (Å²) < 4.78 is 22.6. The molecule has 1 aromatic rings. The second-order valence-electron chi connectivity index (χ2n) is 3.83. The van der Waals surface area contributed by atoms with Crippen LogP contribution in [-0.4, -0.2) is 19.2 Å². The maximum atomic E-state index is 11.3. The van der Waals surface area contributed by atoms with Gasteiger partial charge in [0.25, 0.3) is 5.69 Å². The van der Waals surface area contributed by atoms with Crippen molar-refractivity contribution < 1.29 is 18.1 Å². The van der Waals surface area contributed by atoms with Crippen molar-refractivity contribution in [1.82, 2.24) is 0 Å². The standard InChI is InChI=1S/C9H9N3O5S/c10-18(16,17)8-3-5-1-2-9(13)11-6(5)4-7(8)12(14)15/h3-4H,1-2H2,(H,11,13)(H2,10,16,17). The van der Waals surface area contributed by atoms with E-state index in [-0.39, 0.29) is 18.0 Å². The van der Waals surface area contributed by atoms with E-state index in [2.05, 4.69) is 5.32 Å². The van der Waals surface area contributed by atoms with Gasteiger partial charge in [0.05, 0.1) is 10.6 Å². The number of nitro groups is 1. The molecule has 0 aromatic heterocycles. The van der Waals surface area contributed by atoms with E-state index in [1.54, 1.807) is 0 Å². The highest BCUT2D eigenvalue weighted by Crippen LogP contribution is 2.32. The molecule has 2 rings (SSSR count). The first kappa shape index (κ1) is 12.5. The van der Waals surface area contributed by atoms with Gasteiger partial charge in [-0.1, -0.05) is 0 Å². The van der Waals surface area contributed by atoms with Gasteiger partial charge in [0.2, 0.25) is 15.9 Å². The van der Waals surface area contributed by atoms with Gasteiger partial charge in [0.15, 0.2) is 4.90 Å². The molecule has 9 heteroatoms. The Morgan fingerprint density at radius 3 is 2.56 bits per heavy atom. The summed E-state index contributed by atoms with van der Waals surface area (Å²) in [6.45, 7) is 0. The number of sulfonamides is 1. The lowest BCUT2D eigenvalue weighted by atomic mass is 10.0. The fourth-order valence-electron chi connectivity index (χ4n) is 1.77. The van der Waals surface area contributed by atoms with Crippen molar-refractivity contribution in [3.63, 3.8) is 0 Å². The van der Waals surface area contributed by atoms with Crippen molar-refractivity contribution in [1.29, 1.82) is 0 Å². The molecule has 1 aromatic carbocycles. The summed E-state index contributed by atoms with van der Waals surface area (Å²) in [6, 6.07) is 2.16. The number of primary sulfonamides is 1. The van der Waals surface area contributed by atoms with Crippen molar-refractivity contribution in [3.8, 4) is 0 Å². The Morgan fingerprint density at radius 1 is 1.33 bits per heavy atom. The quantitative estimate of drug-likeness (QED) is 0.582. The molecule has 0 saturated carbocycles. The lowest BCUT2D eigenvalue weighted by Gasteiger charge is -2.17. The van der Waals surface area contributed by atoms with Crippen LogP contribution in [0, 0.1) is 10.1 Å². The molecule has 0 spiro atoms. The van der Waals surface area contributed by atoms with Crippen LogP contribution in [0.3, 0.4) is 0 Å². The summed E-state index contributed by atoms with van der Waals surface area (Å²) in [5, 5.41) is 18.2. The Balaban J connectivity index is 2.69. The second kappa shape index (κ2) is 4.03. The molecule has 0 unspecified atom stereocenters. The van der Waals surface area contributed by atoms with Gasteiger partial charge in [-0.2, -0.15) is 0 Å². The first-order valence-electron chi connectivity index (χ1n) is 4.93. The monoisotopic (exact) mass is 271 g/mol. The Bertz CT molecular complexity index is 652. The summed E-state index contributed by atoms with van der Waals surface area (Å²) in [6.07, 6.45) is 0.524. The van der Waals surface area contributed by atoms with Crippen LogP contribution in [0.1, 0.15) is 12.0 Å². The fourth-order valence-corrected chi connectivity index (χ4v) is 2.50. The van der Waals surface area contributed by atoms with Crippen molar-refractivity contribution in [2.24, 2.45) is 5.14 Å². The molecule has 0 aliphatic carbocycles. The lowest BCUT2D eigenvalue weighted by Crippen LogP contribution is -2.21. The minimum atomic E-state index is -4.18. The zero-order valence-corrected chi connectivity index (χ0v) is 9.86. The smallest absolute Gasteiger partial charge is 0.291 e. The molecule has 1 heterocycles. The third-order valence-corrected chi connectivity index (χ3v) is 3.52. The van der Waals surface area contributed by atoms with Crippen molar-refractivity contribution >= 4 is 27.3 Å². The first-order valence-corrected chi connectivity index (χ1v) is 6.47. The van der Waals surface area contributed by atoms with Crippen LogP contribution >= 0.6 is 0 Å². The van der Waals surface area contributed by atoms with Crippen LogP contribution in [0.4, 0.5) is 11.4 Å². The fraction of sp³-hybridized carbons (Fsp3) is 0.222. The average Bonchev–Trinajstić information content (AvgIpc) is 2.25. The molecule has 0 radical (unpaired) electrons. The largest absolute Gasteiger partial charge is 0.326 e. The van der Waals surface area contributed by atoms with Crippen LogP contribution in [0.15, 0.2) is 17.0 Å². The topological polar surface area (TPSA) is 132 Å². The summed E-state index contributed by atoms with van der Waals surface area (Å²) in [5.74, 6) is -0.264. The van der Waals surface area contributed by atoms with Crippen LogP contribution in [0.25, 0.3) is 0 Å². The van der Waals surface area contributed by atoms with Crippen LogP contribution in [-0.2, 0) is 21.2 Å². The van der Waals surface area contributed by atoms with E-state index in [9.17, 15) is 23.3 Å². The average molecular weight is 271 g/mol. The van der Waals surface area contributed by atoms with E-state index in [0.717, 1.165) is 12.1 Å². The summed E-state index contributed by atoms with van der Waals surface area (Å²) in [7, 11) is -4.18. The predicted octanol–water partition coefficient (Wildman–Crippen LogP) is 0.127. The number of nitro benzene ring substituents is 1. The van der Waals surface area contributed by atoms with Gasteiger partial charge in [0.1, 0.15) is 0 Å². The molecule has 1 amide bonds. The number of nitrogens with two attached hydrogens (primary N) is 1. The molecule has 8 nitrogen and oxygen atoms in total. The molecule has 0 atom stereocenters. The maximum absolute atomic E-state index is 11.3. The number of aryl methyl sites for hydroxylation is 1. The minimum absolute atomic E-state index is 0.203. The molecule has 0 fully saturated rings. The van der Waals surface area contributed by atoms with E-state index in [4.69, 9.17) is 5.14 Å². The second-order valence-corrected chi connectivity index (χ2v) is 5.36. The Morgan fingerprint density at radius 2 is 2.00 bits per heavy atom. The number of carbonyl (C=O) groups excluding carboxylic acids is 1. The number of hydrogen-bond donors (Lipinski definition) is 2. The number of amides is 1. The van der Waals surface area contributed by atoms with Crippen LogP contribution in [0.5, 0.6) is 0 Å². The number of nitrogens with one attached hydrogen (secondary N) is 1.